The van der Waals surface area contributed by atoms with E-state index in [-0.39, 0.29) is 23.7 Å². The van der Waals surface area contributed by atoms with Crippen LogP contribution in [0.1, 0.15) is 51.5 Å². The van der Waals surface area contributed by atoms with Gasteiger partial charge in [-0.25, -0.2) is 0 Å². The van der Waals surface area contributed by atoms with E-state index >= 15 is 0 Å². The molecule has 4 unspecified atom stereocenters. The number of rotatable bonds is 4. The van der Waals surface area contributed by atoms with E-state index < -0.39 is 22.7 Å². The van der Waals surface area contributed by atoms with Gasteiger partial charge in [-0.05, 0) is 43.1 Å². The third-order valence-electron chi connectivity index (χ3n) is 6.68. The molecule has 0 aliphatic heterocycles. The van der Waals surface area contributed by atoms with Crippen LogP contribution < -0.4 is 10.9 Å². The zero-order chi connectivity index (χ0) is 19.1. The van der Waals surface area contributed by atoms with Crippen LogP contribution in [0.2, 0.25) is 0 Å². The Morgan fingerprint density at radius 2 is 1.65 bits per heavy atom. The lowest BCUT2D eigenvalue weighted by Gasteiger charge is -2.37. The minimum Gasteiger partial charge on any atom is -0.481 e. The Morgan fingerprint density at radius 1 is 1.04 bits per heavy atom. The zero-order valence-electron chi connectivity index (χ0n) is 15.4. The number of carbonyl (C=O) groups is 3. The first-order valence-electron chi connectivity index (χ1n) is 9.06. The fourth-order valence-corrected chi connectivity index (χ4v) is 4.20. The van der Waals surface area contributed by atoms with E-state index in [9.17, 15) is 19.5 Å². The second kappa shape index (κ2) is 6.41. The fourth-order valence-electron chi connectivity index (χ4n) is 4.20. The van der Waals surface area contributed by atoms with Gasteiger partial charge in [0.1, 0.15) is 0 Å². The summed E-state index contributed by atoms with van der Waals surface area (Å²) in [4.78, 5) is 36.5. The van der Waals surface area contributed by atoms with Crippen molar-refractivity contribution in [2.75, 3.05) is 0 Å². The van der Waals surface area contributed by atoms with Crippen LogP contribution in [0.3, 0.4) is 0 Å². The summed E-state index contributed by atoms with van der Waals surface area (Å²) in [6, 6.07) is 9.85. The quantitative estimate of drug-likeness (QED) is 0.721. The Hall–Kier alpha value is -2.37. The lowest BCUT2D eigenvalue weighted by Crippen LogP contribution is -2.50. The van der Waals surface area contributed by atoms with Crippen LogP contribution >= 0.6 is 0 Å². The summed E-state index contributed by atoms with van der Waals surface area (Å²) in [6.45, 7) is 5.31. The van der Waals surface area contributed by atoms with Crippen LogP contribution in [0.4, 0.5) is 0 Å². The number of hydrogen-bond donors (Lipinski definition) is 3. The normalized spacial score (nSPS) is 31.9. The highest BCUT2D eigenvalue weighted by atomic mass is 16.4. The monoisotopic (exact) mass is 358 g/mol. The van der Waals surface area contributed by atoms with Crippen molar-refractivity contribution in [3.8, 4) is 0 Å². The first-order chi connectivity index (χ1) is 12.2. The van der Waals surface area contributed by atoms with Crippen molar-refractivity contribution < 1.29 is 19.5 Å². The molecule has 0 heterocycles. The molecule has 2 saturated carbocycles. The van der Waals surface area contributed by atoms with Gasteiger partial charge < -0.3 is 5.11 Å². The molecule has 2 fully saturated rings. The molecule has 3 rings (SSSR count). The maximum absolute atomic E-state index is 12.6. The summed E-state index contributed by atoms with van der Waals surface area (Å²) in [6.07, 6.45) is 1.71. The van der Waals surface area contributed by atoms with Gasteiger partial charge >= 0.3 is 5.97 Å². The third-order valence-corrected chi connectivity index (χ3v) is 6.68. The van der Waals surface area contributed by atoms with Gasteiger partial charge in [-0.1, -0.05) is 44.2 Å². The Labute approximate surface area is 153 Å². The van der Waals surface area contributed by atoms with Gasteiger partial charge in [0.25, 0.3) is 0 Å². The molecule has 0 aromatic heterocycles. The minimum atomic E-state index is -0.950. The highest BCUT2D eigenvalue weighted by Crippen LogP contribution is 2.56. The molecule has 3 N–H and O–H groups in total. The minimum absolute atomic E-state index is 0.126. The average Bonchev–Trinajstić information content (AvgIpc) is 3.36. The molecule has 1 aromatic rings. The molecule has 4 atom stereocenters. The summed E-state index contributed by atoms with van der Waals surface area (Å²) in [7, 11) is 0. The van der Waals surface area contributed by atoms with Crippen LogP contribution in [0.25, 0.3) is 0 Å². The summed E-state index contributed by atoms with van der Waals surface area (Å²) in [5.74, 6) is -1.77. The van der Waals surface area contributed by atoms with Crippen molar-refractivity contribution in [3.05, 3.63) is 35.9 Å². The van der Waals surface area contributed by atoms with Gasteiger partial charge in [0.2, 0.25) is 11.8 Å². The van der Waals surface area contributed by atoms with Crippen LogP contribution in [-0.4, -0.2) is 22.9 Å². The van der Waals surface area contributed by atoms with Crippen molar-refractivity contribution in [3.63, 3.8) is 0 Å². The molecule has 2 amide bonds. The van der Waals surface area contributed by atoms with Crippen molar-refractivity contribution in [1.29, 1.82) is 0 Å². The molecule has 2 aliphatic rings. The number of carbonyl (C=O) groups excluding carboxylic acids is 2. The highest BCUT2D eigenvalue weighted by molar-refractivity contribution is 5.88. The molecule has 0 spiro atoms. The van der Waals surface area contributed by atoms with E-state index in [4.69, 9.17) is 0 Å². The number of benzene rings is 1. The zero-order valence-corrected chi connectivity index (χ0v) is 15.4. The molecule has 1 aromatic carbocycles. The first-order valence-corrected chi connectivity index (χ1v) is 9.06. The largest absolute Gasteiger partial charge is 0.481 e. The lowest BCUT2D eigenvalue weighted by molar-refractivity contribution is -0.155. The lowest BCUT2D eigenvalue weighted by atomic mass is 9.65. The molecule has 0 bridgehead atoms. The van der Waals surface area contributed by atoms with Gasteiger partial charge in [-0.2, -0.15) is 0 Å². The van der Waals surface area contributed by atoms with E-state index in [1.807, 2.05) is 44.2 Å². The number of hydrogen-bond acceptors (Lipinski definition) is 3. The van der Waals surface area contributed by atoms with Crippen molar-refractivity contribution in [2.24, 2.45) is 22.7 Å². The maximum Gasteiger partial charge on any atom is 0.309 e. The number of aliphatic carboxylic acids is 1. The molecule has 6 nitrogen and oxygen atoms in total. The molecular weight excluding hydrogens is 332 g/mol. The maximum atomic E-state index is 12.6. The van der Waals surface area contributed by atoms with Gasteiger partial charge in [0, 0.05) is 11.8 Å². The topological polar surface area (TPSA) is 95.5 Å². The van der Waals surface area contributed by atoms with Crippen LogP contribution in [0.15, 0.2) is 30.3 Å². The van der Waals surface area contributed by atoms with E-state index in [0.29, 0.717) is 12.8 Å². The van der Waals surface area contributed by atoms with E-state index in [2.05, 4.69) is 10.9 Å². The third kappa shape index (κ3) is 2.97. The van der Waals surface area contributed by atoms with Gasteiger partial charge in [0.15, 0.2) is 0 Å². The Balaban J connectivity index is 1.55. The van der Waals surface area contributed by atoms with Crippen molar-refractivity contribution >= 4 is 17.8 Å². The van der Waals surface area contributed by atoms with E-state index in [1.54, 1.807) is 6.92 Å². The molecule has 0 radical (unpaired) electrons. The summed E-state index contributed by atoms with van der Waals surface area (Å²) < 4.78 is 0. The molecule has 140 valence electrons. The van der Waals surface area contributed by atoms with Gasteiger partial charge in [0.05, 0.1) is 5.41 Å². The number of hydrazine groups is 1. The summed E-state index contributed by atoms with van der Waals surface area (Å²) >= 11 is 0. The van der Waals surface area contributed by atoms with Gasteiger partial charge in [-0.3, -0.25) is 25.2 Å². The van der Waals surface area contributed by atoms with Crippen LogP contribution in [0.5, 0.6) is 0 Å². The van der Waals surface area contributed by atoms with Crippen molar-refractivity contribution in [2.45, 2.75) is 46.0 Å². The Morgan fingerprint density at radius 3 is 2.23 bits per heavy atom. The second-order valence-electron chi connectivity index (χ2n) is 8.29. The summed E-state index contributed by atoms with van der Waals surface area (Å²) in [5.41, 5.74) is 4.54. The van der Waals surface area contributed by atoms with E-state index in [0.717, 1.165) is 12.0 Å². The number of carboxylic acids is 1. The molecule has 26 heavy (non-hydrogen) atoms. The van der Waals surface area contributed by atoms with E-state index in [1.165, 1.54) is 0 Å². The number of nitrogens with one attached hydrogen (secondary N) is 2. The van der Waals surface area contributed by atoms with Gasteiger partial charge in [-0.15, -0.1) is 0 Å². The summed E-state index contributed by atoms with van der Waals surface area (Å²) in [5, 5.41) is 9.54. The average molecular weight is 358 g/mol. The Bertz CT molecular complexity index is 731. The fraction of sp³-hybridized carbons (Fsp3) is 0.550. The SMILES string of the molecule is CC1(C(=O)O)CCC(C(=O)NNC(=O)C2CC2c2ccccc2)C1(C)C. The first kappa shape index (κ1) is 18.4. The smallest absolute Gasteiger partial charge is 0.309 e. The van der Waals surface area contributed by atoms with Crippen molar-refractivity contribution in [1.82, 2.24) is 10.9 Å². The predicted molar refractivity (Wildman–Crippen MR) is 95.8 cm³/mol. The second-order valence-corrected chi connectivity index (χ2v) is 8.29. The molecule has 2 aliphatic carbocycles. The predicted octanol–water partition coefficient (Wildman–Crippen LogP) is 2.46. The molecule has 0 saturated heterocycles. The Kier molecular flexibility index (Phi) is 4.54. The van der Waals surface area contributed by atoms with Crippen LogP contribution in [0, 0.1) is 22.7 Å². The van der Waals surface area contributed by atoms with Crippen LogP contribution in [-0.2, 0) is 14.4 Å². The number of amides is 2. The number of carboxylic acid groups (broad SMARTS) is 1. The molecule has 6 heteroatoms. The standard InChI is InChI=1S/C20H26N2O4/c1-19(2)15(9-10-20(19,3)18(25)26)17(24)22-21-16(23)14-11-13(14)12-7-5-4-6-8-12/h4-8,13-15H,9-11H2,1-3H3,(H,21,23)(H,22,24)(H,25,26). The molecular formula is C20H26N2O4. The highest BCUT2D eigenvalue weighted by Gasteiger charge is 2.58.